The van der Waals surface area contributed by atoms with E-state index >= 15 is 0 Å². The lowest BCUT2D eigenvalue weighted by molar-refractivity contribution is 0.0444. The first-order valence-electron chi connectivity index (χ1n) is 6.15. The van der Waals surface area contributed by atoms with Gasteiger partial charge in [-0.05, 0) is 25.8 Å². The first-order chi connectivity index (χ1) is 7.75. The van der Waals surface area contributed by atoms with E-state index in [0.29, 0.717) is 12.1 Å². The molecule has 1 fully saturated rings. The molecule has 16 heavy (non-hydrogen) atoms. The maximum absolute atomic E-state index is 5.93. The lowest BCUT2D eigenvalue weighted by Crippen LogP contribution is -2.29. The van der Waals surface area contributed by atoms with Crippen LogP contribution in [0.1, 0.15) is 25.8 Å². The Hall–Kier alpha value is -0.860. The van der Waals surface area contributed by atoms with Gasteiger partial charge in [0.15, 0.2) is 0 Å². The van der Waals surface area contributed by atoms with E-state index in [9.17, 15) is 0 Å². The van der Waals surface area contributed by atoms with Crippen LogP contribution >= 0.6 is 0 Å². The summed E-state index contributed by atoms with van der Waals surface area (Å²) < 4.78 is 5.93. The van der Waals surface area contributed by atoms with E-state index in [1.807, 2.05) is 6.07 Å². The lowest BCUT2D eigenvalue weighted by atomic mass is 10.2. The molecule has 0 aromatic heterocycles. The third-order valence-electron chi connectivity index (χ3n) is 3.24. The molecule has 0 amide bonds. The Morgan fingerprint density at radius 2 is 2.06 bits per heavy atom. The van der Waals surface area contributed by atoms with Crippen molar-refractivity contribution in [1.29, 1.82) is 0 Å². The van der Waals surface area contributed by atoms with Crippen LogP contribution in [0.5, 0.6) is 0 Å². The van der Waals surface area contributed by atoms with E-state index in [1.165, 1.54) is 18.5 Å². The van der Waals surface area contributed by atoms with Gasteiger partial charge in [0, 0.05) is 19.1 Å². The maximum atomic E-state index is 5.93. The Labute approximate surface area is 98.2 Å². The molecule has 1 aliphatic heterocycles. The van der Waals surface area contributed by atoms with Crippen LogP contribution in [-0.4, -0.2) is 30.1 Å². The van der Waals surface area contributed by atoms with Crippen molar-refractivity contribution in [1.82, 2.24) is 4.90 Å². The van der Waals surface area contributed by atoms with Crippen LogP contribution in [0.4, 0.5) is 0 Å². The van der Waals surface area contributed by atoms with Gasteiger partial charge in [0.05, 0.1) is 12.7 Å². The quantitative estimate of drug-likeness (QED) is 0.772. The van der Waals surface area contributed by atoms with Crippen molar-refractivity contribution in [2.45, 2.75) is 39.0 Å². The number of rotatable bonds is 4. The summed E-state index contributed by atoms with van der Waals surface area (Å²) in [5, 5.41) is 0. The molecule has 1 aromatic rings. The largest absolute Gasteiger partial charge is 0.372 e. The zero-order valence-corrected chi connectivity index (χ0v) is 10.2. The van der Waals surface area contributed by atoms with E-state index in [2.05, 4.69) is 43.0 Å². The Morgan fingerprint density at radius 1 is 1.31 bits per heavy atom. The molecule has 0 saturated carbocycles. The van der Waals surface area contributed by atoms with Gasteiger partial charge < -0.3 is 4.74 Å². The van der Waals surface area contributed by atoms with Gasteiger partial charge in [-0.15, -0.1) is 0 Å². The predicted molar refractivity (Wildman–Crippen MR) is 66.3 cm³/mol. The van der Waals surface area contributed by atoms with Crippen molar-refractivity contribution in [3.63, 3.8) is 0 Å². The van der Waals surface area contributed by atoms with Crippen molar-refractivity contribution in [3.05, 3.63) is 35.9 Å². The summed E-state index contributed by atoms with van der Waals surface area (Å²) >= 11 is 0. The fourth-order valence-corrected chi connectivity index (χ4v) is 2.15. The number of ether oxygens (including phenoxy) is 1. The summed E-state index contributed by atoms with van der Waals surface area (Å²) in [4.78, 5) is 2.48. The minimum Gasteiger partial charge on any atom is -0.372 e. The van der Waals surface area contributed by atoms with Gasteiger partial charge in [0.25, 0.3) is 0 Å². The number of likely N-dealkylation sites (tertiary alicyclic amines) is 1. The molecular weight excluding hydrogens is 198 g/mol. The Kier molecular flexibility index (Phi) is 3.97. The van der Waals surface area contributed by atoms with Crippen molar-refractivity contribution in [3.8, 4) is 0 Å². The Morgan fingerprint density at radius 3 is 2.69 bits per heavy atom. The summed E-state index contributed by atoms with van der Waals surface area (Å²) in [6.07, 6.45) is 1.59. The summed E-state index contributed by atoms with van der Waals surface area (Å²) in [7, 11) is 0. The van der Waals surface area contributed by atoms with Crippen LogP contribution in [0.3, 0.4) is 0 Å². The molecule has 2 nitrogen and oxygen atoms in total. The first kappa shape index (κ1) is 11.6. The molecule has 0 bridgehead atoms. The van der Waals surface area contributed by atoms with Crippen molar-refractivity contribution in [2.75, 3.05) is 13.1 Å². The molecule has 0 aliphatic carbocycles. The topological polar surface area (TPSA) is 12.5 Å². The van der Waals surface area contributed by atoms with Crippen LogP contribution in [0.25, 0.3) is 0 Å². The fraction of sp³-hybridized carbons (Fsp3) is 0.571. The molecule has 1 aliphatic rings. The maximum Gasteiger partial charge on any atom is 0.0721 e. The monoisotopic (exact) mass is 219 g/mol. The third-order valence-corrected chi connectivity index (χ3v) is 3.24. The van der Waals surface area contributed by atoms with Gasteiger partial charge in [-0.3, -0.25) is 4.90 Å². The highest BCUT2D eigenvalue weighted by atomic mass is 16.5. The van der Waals surface area contributed by atoms with E-state index in [0.717, 1.165) is 13.2 Å². The smallest absolute Gasteiger partial charge is 0.0721 e. The predicted octanol–water partition coefficient (Wildman–Crippen LogP) is 2.69. The molecule has 88 valence electrons. The Bertz CT molecular complexity index is 310. The molecular formula is C14H21NO. The van der Waals surface area contributed by atoms with Crippen LogP contribution < -0.4 is 0 Å². The summed E-state index contributed by atoms with van der Waals surface area (Å²) in [5.41, 5.74) is 1.27. The normalized spacial score (nSPS) is 21.8. The minimum absolute atomic E-state index is 0.419. The molecule has 1 aromatic carbocycles. The SMILES string of the molecule is CC(C)N1CCC(OCc2ccccc2)C1. The van der Waals surface area contributed by atoms with E-state index in [4.69, 9.17) is 4.74 Å². The molecule has 2 rings (SSSR count). The number of hydrogen-bond donors (Lipinski definition) is 0. The second kappa shape index (κ2) is 5.46. The second-order valence-electron chi connectivity index (χ2n) is 4.80. The Balaban J connectivity index is 1.76. The van der Waals surface area contributed by atoms with E-state index in [1.54, 1.807) is 0 Å². The molecule has 0 spiro atoms. The van der Waals surface area contributed by atoms with E-state index < -0.39 is 0 Å². The van der Waals surface area contributed by atoms with Gasteiger partial charge in [-0.2, -0.15) is 0 Å². The summed E-state index contributed by atoms with van der Waals surface area (Å²) in [6.45, 7) is 7.51. The van der Waals surface area contributed by atoms with E-state index in [-0.39, 0.29) is 0 Å². The third kappa shape index (κ3) is 3.06. The zero-order chi connectivity index (χ0) is 11.4. The van der Waals surface area contributed by atoms with Gasteiger partial charge in [-0.1, -0.05) is 30.3 Å². The number of nitrogens with zero attached hydrogens (tertiary/aromatic N) is 1. The lowest BCUT2D eigenvalue weighted by Gasteiger charge is -2.20. The highest BCUT2D eigenvalue weighted by Gasteiger charge is 2.24. The molecule has 0 N–H and O–H groups in total. The number of benzene rings is 1. The van der Waals surface area contributed by atoms with Crippen LogP contribution in [0, 0.1) is 0 Å². The average molecular weight is 219 g/mol. The summed E-state index contributed by atoms with van der Waals surface area (Å²) in [6, 6.07) is 11.1. The highest BCUT2D eigenvalue weighted by Crippen LogP contribution is 2.16. The first-order valence-corrected chi connectivity index (χ1v) is 6.15. The van der Waals surface area contributed by atoms with Gasteiger partial charge >= 0.3 is 0 Å². The molecule has 0 radical (unpaired) electrons. The average Bonchev–Trinajstić information content (AvgIpc) is 2.76. The molecule has 1 heterocycles. The molecule has 1 unspecified atom stereocenters. The van der Waals surface area contributed by atoms with Crippen LogP contribution in [0.15, 0.2) is 30.3 Å². The number of hydrogen-bond acceptors (Lipinski definition) is 2. The zero-order valence-electron chi connectivity index (χ0n) is 10.2. The summed E-state index contributed by atoms with van der Waals surface area (Å²) in [5.74, 6) is 0. The molecule has 2 heteroatoms. The fourth-order valence-electron chi connectivity index (χ4n) is 2.15. The van der Waals surface area contributed by atoms with Crippen molar-refractivity contribution < 1.29 is 4.74 Å². The van der Waals surface area contributed by atoms with Crippen molar-refractivity contribution >= 4 is 0 Å². The van der Waals surface area contributed by atoms with Gasteiger partial charge in [0.2, 0.25) is 0 Å². The van der Waals surface area contributed by atoms with Crippen molar-refractivity contribution in [2.24, 2.45) is 0 Å². The standard InChI is InChI=1S/C14H21NO/c1-12(2)15-9-8-14(10-15)16-11-13-6-4-3-5-7-13/h3-7,12,14H,8-11H2,1-2H3. The molecule has 1 atom stereocenters. The van der Waals surface area contributed by atoms with Gasteiger partial charge in [0.1, 0.15) is 0 Å². The van der Waals surface area contributed by atoms with Crippen LogP contribution in [0.2, 0.25) is 0 Å². The van der Waals surface area contributed by atoms with Gasteiger partial charge in [-0.25, -0.2) is 0 Å². The van der Waals surface area contributed by atoms with Crippen LogP contribution in [-0.2, 0) is 11.3 Å². The molecule has 1 saturated heterocycles. The highest BCUT2D eigenvalue weighted by molar-refractivity contribution is 5.13. The minimum atomic E-state index is 0.419. The second-order valence-corrected chi connectivity index (χ2v) is 4.80.